The van der Waals surface area contributed by atoms with Gasteiger partial charge in [0.1, 0.15) is 5.75 Å². The number of nitrogens with one attached hydrogen (secondary N) is 1. The van der Waals surface area contributed by atoms with Gasteiger partial charge in [-0.2, -0.15) is 4.31 Å². The van der Waals surface area contributed by atoms with Crippen molar-refractivity contribution in [3.8, 4) is 5.75 Å². The lowest BCUT2D eigenvalue weighted by Gasteiger charge is -2.31. The summed E-state index contributed by atoms with van der Waals surface area (Å²) in [6.07, 6.45) is 0.0754. The monoisotopic (exact) mass is 334 g/mol. The minimum Gasteiger partial charge on any atom is -0.491 e. The van der Waals surface area contributed by atoms with Gasteiger partial charge < -0.3 is 10.1 Å². The largest absolute Gasteiger partial charge is 0.491 e. The molecular formula is C14H23ClN2O3S. The van der Waals surface area contributed by atoms with Crippen molar-refractivity contribution in [3.63, 3.8) is 0 Å². The van der Waals surface area contributed by atoms with E-state index >= 15 is 0 Å². The van der Waals surface area contributed by atoms with Gasteiger partial charge in [-0.05, 0) is 45.0 Å². The number of hydrogen-bond donors (Lipinski definition) is 1. The minimum atomic E-state index is -3.40. The van der Waals surface area contributed by atoms with Gasteiger partial charge in [0.25, 0.3) is 0 Å². The maximum absolute atomic E-state index is 12.5. The molecule has 1 fully saturated rings. The number of ether oxygens (including phenoxy) is 1. The molecular weight excluding hydrogens is 312 g/mol. The molecule has 0 spiro atoms. The molecule has 0 aromatic heterocycles. The zero-order chi connectivity index (χ0) is 14.8. The molecule has 21 heavy (non-hydrogen) atoms. The highest BCUT2D eigenvalue weighted by Crippen LogP contribution is 2.21. The number of sulfonamides is 1. The smallest absolute Gasteiger partial charge is 0.243 e. The molecule has 0 saturated carbocycles. The van der Waals surface area contributed by atoms with Crippen LogP contribution in [-0.2, 0) is 10.0 Å². The van der Waals surface area contributed by atoms with Gasteiger partial charge in [0.15, 0.2) is 0 Å². The lowest BCUT2D eigenvalue weighted by Crippen LogP contribution is -2.51. The maximum Gasteiger partial charge on any atom is 0.243 e. The first-order chi connectivity index (χ1) is 9.39. The highest BCUT2D eigenvalue weighted by atomic mass is 35.5. The van der Waals surface area contributed by atoms with Crippen LogP contribution in [0.1, 0.15) is 20.8 Å². The molecule has 1 unspecified atom stereocenters. The predicted molar refractivity (Wildman–Crippen MR) is 85.7 cm³/mol. The molecule has 2 rings (SSSR count). The van der Waals surface area contributed by atoms with Crippen molar-refractivity contribution in [1.82, 2.24) is 9.62 Å². The molecule has 120 valence electrons. The summed E-state index contributed by atoms with van der Waals surface area (Å²) < 4.78 is 32.1. The van der Waals surface area contributed by atoms with Crippen LogP contribution in [0.5, 0.6) is 5.75 Å². The highest BCUT2D eigenvalue weighted by Gasteiger charge is 2.28. The Morgan fingerprint density at radius 2 is 1.90 bits per heavy atom. The molecule has 1 aliphatic heterocycles. The third-order valence-electron chi connectivity index (χ3n) is 3.16. The molecule has 1 aliphatic rings. The van der Waals surface area contributed by atoms with Gasteiger partial charge in [0.05, 0.1) is 11.0 Å². The summed E-state index contributed by atoms with van der Waals surface area (Å²) >= 11 is 0. The fourth-order valence-electron chi connectivity index (χ4n) is 2.23. The van der Waals surface area contributed by atoms with Crippen LogP contribution in [0.15, 0.2) is 29.2 Å². The van der Waals surface area contributed by atoms with Gasteiger partial charge in [-0.1, -0.05) is 0 Å². The normalized spacial score (nSPS) is 20.1. The van der Waals surface area contributed by atoms with Crippen LogP contribution < -0.4 is 10.1 Å². The molecule has 5 nitrogen and oxygen atoms in total. The number of piperazine rings is 1. The van der Waals surface area contributed by atoms with Gasteiger partial charge in [-0.3, -0.25) is 0 Å². The molecule has 0 bridgehead atoms. The Balaban J connectivity index is 0.00000220. The first-order valence-electron chi connectivity index (χ1n) is 6.90. The molecule has 1 aromatic rings. The molecule has 7 heteroatoms. The Bertz CT molecular complexity index is 546. The second kappa shape index (κ2) is 7.45. The Labute approximate surface area is 133 Å². The van der Waals surface area contributed by atoms with Crippen LogP contribution >= 0.6 is 12.4 Å². The SMILES string of the molecule is CC1CN(S(=O)(=O)c2ccc(OC(C)C)cc2)CCN1.Cl. The average molecular weight is 335 g/mol. The Hall–Kier alpha value is -0.820. The summed E-state index contributed by atoms with van der Waals surface area (Å²) in [4.78, 5) is 0.322. The van der Waals surface area contributed by atoms with Crippen molar-refractivity contribution in [2.75, 3.05) is 19.6 Å². The van der Waals surface area contributed by atoms with Crippen LogP contribution in [0.25, 0.3) is 0 Å². The molecule has 1 heterocycles. The zero-order valence-corrected chi connectivity index (χ0v) is 14.2. The molecule has 1 saturated heterocycles. The van der Waals surface area contributed by atoms with Gasteiger partial charge >= 0.3 is 0 Å². The molecule has 1 aromatic carbocycles. The van der Waals surface area contributed by atoms with Gasteiger partial charge in [-0.25, -0.2) is 8.42 Å². The predicted octanol–water partition coefficient (Wildman–Crippen LogP) is 1.88. The molecule has 1 atom stereocenters. The van der Waals surface area contributed by atoms with Crippen molar-refractivity contribution < 1.29 is 13.2 Å². The Morgan fingerprint density at radius 3 is 2.43 bits per heavy atom. The van der Waals surface area contributed by atoms with Gasteiger partial charge in [-0.15, -0.1) is 12.4 Å². The van der Waals surface area contributed by atoms with Crippen molar-refractivity contribution in [2.45, 2.75) is 37.8 Å². The second-order valence-corrected chi connectivity index (χ2v) is 7.29. The minimum absolute atomic E-state index is 0. The second-order valence-electron chi connectivity index (χ2n) is 5.36. The summed E-state index contributed by atoms with van der Waals surface area (Å²) in [5, 5.41) is 3.24. The topological polar surface area (TPSA) is 58.6 Å². The van der Waals surface area contributed by atoms with E-state index < -0.39 is 10.0 Å². The summed E-state index contributed by atoms with van der Waals surface area (Å²) in [5.41, 5.74) is 0. The van der Waals surface area contributed by atoms with Crippen LogP contribution in [0.3, 0.4) is 0 Å². The third kappa shape index (κ3) is 4.57. The van der Waals surface area contributed by atoms with Gasteiger partial charge in [0, 0.05) is 25.7 Å². The number of hydrogen-bond acceptors (Lipinski definition) is 4. The van der Waals surface area contributed by atoms with E-state index in [0.717, 1.165) is 0 Å². The lowest BCUT2D eigenvalue weighted by molar-refractivity contribution is 0.242. The van der Waals surface area contributed by atoms with E-state index in [1.54, 1.807) is 24.3 Å². The van der Waals surface area contributed by atoms with Crippen LogP contribution in [0, 0.1) is 0 Å². The van der Waals surface area contributed by atoms with Crippen LogP contribution in [-0.4, -0.2) is 44.5 Å². The molecule has 0 amide bonds. The summed E-state index contributed by atoms with van der Waals surface area (Å²) in [6, 6.07) is 6.82. The molecule has 0 radical (unpaired) electrons. The summed E-state index contributed by atoms with van der Waals surface area (Å²) in [6.45, 7) is 7.57. The number of halogens is 1. The van der Waals surface area contributed by atoms with E-state index in [2.05, 4.69) is 5.32 Å². The van der Waals surface area contributed by atoms with Crippen LogP contribution in [0.2, 0.25) is 0 Å². The molecule has 0 aliphatic carbocycles. The quantitative estimate of drug-likeness (QED) is 0.913. The van der Waals surface area contributed by atoms with Crippen molar-refractivity contribution >= 4 is 22.4 Å². The van der Waals surface area contributed by atoms with E-state index in [9.17, 15) is 8.42 Å². The van der Waals surface area contributed by atoms with E-state index in [1.165, 1.54) is 4.31 Å². The fraction of sp³-hybridized carbons (Fsp3) is 0.571. The number of nitrogens with zero attached hydrogens (tertiary/aromatic N) is 1. The Kier molecular flexibility index (Phi) is 6.46. The van der Waals surface area contributed by atoms with Crippen LogP contribution in [0.4, 0.5) is 0 Å². The number of benzene rings is 1. The molecule has 1 N–H and O–H groups in total. The van der Waals surface area contributed by atoms with E-state index in [0.29, 0.717) is 30.3 Å². The van der Waals surface area contributed by atoms with Crippen molar-refractivity contribution in [2.24, 2.45) is 0 Å². The van der Waals surface area contributed by atoms with E-state index in [-0.39, 0.29) is 24.6 Å². The zero-order valence-electron chi connectivity index (χ0n) is 12.6. The fourth-order valence-corrected chi connectivity index (χ4v) is 3.76. The summed E-state index contributed by atoms with van der Waals surface area (Å²) in [5.74, 6) is 0.688. The van der Waals surface area contributed by atoms with E-state index in [4.69, 9.17) is 4.74 Å². The maximum atomic E-state index is 12.5. The first-order valence-corrected chi connectivity index (χ1v) is 8.34. The van der Waals surface area contributed by atoms with Gasteiger partial charge in [0.2, 0.25) is 10.0 Å². The third-order valence-corrected chi connectivity index (χ3v) is 5.04. The standard InChI is InChI=1S/C14H22N2O3S.ClH/c1-11(2)19-13-4-6-14(7-5-13)20(17,18)16-9-8-15-12(3)10-16;/h4-7,11-12,15H,8-10H2,1-3H3;1H. The summed E-state index contributed by atoms with van der Waals surface area (Å²) in [7, 11) is -3.40. The van der Waals surface area contributed by atoms with Crippen molar-refractivity contribution in [1.29, 1.82) is 0 Å². The lowest BCUT2D eigenvalue weighted by atomic mass is 10.3. The van der Waals surface area contributed by atoms with Crippen molar-refractivity contribution in [3.05, 3.63) is 24.3 Å². The first kappa shape index (κ1) is 18.2. The highest BCUT2D eigenvalue weighted by molar-refractivity contribution is 7.89. The number of rotatable bonds is 4. The average Bonchev–Trinajstić information content (AvgIpc) is 2.38. The Morgan fingerprint density at radius 1 is 1.29 bits per heavy atom. The van der Waals surface area contributed by atoms with E-state index in [1.807, 2.05) is 20.8 Å².